The lowest BCUT2D eigenvalue weighted by Crippen LogP contribution is -2.14. The number of amides is 1. The monoisotopic (exact) mass is 362 g/mol. The van der Waals surface area contributed by atoms with E-state index in [9.17, 15) is 4.79 Å². The fourth-order valence-electron chi connectivity index (χ4n) is 2.46. The standard InChI is InChI=1S/C21H22N4O2/c1-15(2)27-19-7-5-17(6-8-19)25-21(26)20-12-18(9-11-23-20)24-14-16-4-3-10-22-13-16/h3-13,15H,14H2,1-2H3,(H,23,24)(H,25,26). The molecule has 0 aliphatic heterocycles. The van der Waals surface area contributed by atoms with Gasteiger partial charge in [-0.05, 0) is 61.9 Å². The van der Waals surface area contributed by atoms with Crippen molar-refractivity contribution in [1.29, 1.82) is 0 Å². The summed E-state index contributed by atoms with van der Waals surface area (Å²) >= 11 is 0. The van der Waals surface area contributed by atoms with E-state index in [1.54, 1.807) is 36.8 Å². The lowest BCUT2D eigenvalue weighted by molar-refractivity contribution is 0.102. The van der Waals surface area contributed by atoms with E-state index in [1.165, 1.54) is 0 Å². The number of nitrogens with one attached hydrogen (secondary N) is 2. The van der Waals surface area contributed by atoms with Gasteiger partial charge in [0.2, 0.25) is 0 Å². The Labute approximate surface area is 158 Å². The molecule has 0 radical (unpaired) electrons. The number of hydrogen-bond acceptors (Lipinski definition) is 5. The van der Waals surface area contributed by atoms with Crippen molar-refractivity contribution in [3.8, 4) is 5.75 Å². The Hall–Kier alpha value is -3.41. The SMILES string of the molecule is CC(C)Oc1ccc(NC(=O)c2cc(NCc3cccnc3)ccn2)cc1. The van der Waals surface area contributed by atoms with Gasteiger partial charge in [0.25, 0.3) is 5.91 Å². The molecule has 3 rings (SSSR count). The molecule has 0 aliphatic rings. The number of carbonyl (C=O) groups is 1. The van der Waals surface area contributed by atoms with E-state index in [0.717, 1.165) is 17.0 Å². The van der Waals surface area contributed by atoms with Crippen molar-refractivity contribution < 1.29 is 9.53 Å². The van der Waals surface area contributed by atoms with Crippen molar-refractivity contribution in [2.45, 2.75) is 26.5 Å². The average Bonchev–Trinajstić information content (AvgIpc) is 2.68. The zero-order valence-corrected chi connectivity index (χ0v) is 15.3. The molecule has 2 heterocycles. The molecule has 0 bridgehead atoms. The topological polar surface area (TPSA) is 76.1 Å². The van der Waals surface area contributed by atoms with E-state index in [4.69, 9.17) is 4.74 Å². The van der Waals surface area contributed by atoms with Gasteiger partial charge in [-0.25, -0.2) is 0 Å². The summed E-state index contributed by atoms with van der Waals surface area (Å²) in [6.07, 6.45) is 5.26. The maximum atomic E-state index is 12.5. The number of aromatic nitrogens is 2. The molecule has 0 saturated heterocycles. The largest absolute Gasteiger partial charge is 0.491 e. The van der Waals surface area contributed by atoms with Gasteiger partial charge in [0.05, 0.1) is 6.10 Å². The summed E-state index contributed by atoms with van der Waals surface area (Å²) in [7, 11) is 0. The smallest absolute Gasteiger partial charge is 0.274 e. The van der Waals surface area contributed by atoms with Gasteiger partial charge in [-0.2, -0.15) is 0 Å². The van der Waals surface area contributed by atoms with Crippen LogP contribution in [0.1, 0.15) is 29.9 Å². The zero-order chi connectivity index (χ0) is 19.1. The van der Waals surface area contributed by atoms with E-state index in [1.807, 2.05) is 44.2 Å². The molecular formula is C21H22N4O2. The van der Waals surface area contributed by atoms with E-state index in [0.29, 0.717) is 17.9 Å². The van der Waals surface area contributed by atoms with Crippen LogP contribution in [0.4, 0.5) is 11.4 Å². The minimum Gasteiger partial charge on any atom is -0.491 e. The van der Waals surface area contributed by atoms with Gasteiger partial charge in [-0.15, -0.1) is 0 Å². The molecule has 2 aromatic heterocycles. The molecule has 1 amide bonds. The predicted octanol–water partition coefficient (Wildman–Crippen LogP) is 4.13. The molecule has 0 saturated carbocycles. The molecular weight excluding hydrogens is 340 g/mol. The van der Waals surface area contributed by atoms with E-state index >= 15 is 0 Å². The molecule has 2 N–H and O–H groups in total. The molecule has 0 unspecified atom stereocenters. The van der Waals surface area contributed by atoms with Crippen LogP contribution in [-0.2, 0) is 6.54 Å². The fourth-order valence-corrected chi connectivity index (χ4v) is 2.46. The van der Waals surface area contributed by atoms with Crippen molar-refractivity contribution in [3.05, 3.63) is 78.4 Å². The molecule has 0 fully saturated rings. The van der Waals surface area contributed by atoms with E-state index in [2.05, 4.69) is 20.6 Å². The summed E-state index contributed by atoms with van der Waals surface area (Å²) in [6.45, 7) is 4.56. The minimum absolute atomic E-state index is 0.108. The van der Waals surface area contributed by atoms with Gasteiger partial charge >= 0.3 is 0 Å². The molecule has 138 valence electrons. The van der Waals surface area contributed by atoms with Crippen LogP contribution in [0.2, 0.25) is 0 Å². The first-order valence-electron chi connectivity index (χ1n) is 8.77. The number of ether oxygens (including phenoxy) is 1. The zero-order valence-electron chi connectivity index (χ0n) is 15.3. The van der Waals surface area contributed by atoms with Crippen LogP contribution in [0.3, 0.4) is 0 Å². The van der Waals surface area contributed by atoms with Crippen molar-refractivity contribution in [1.82, 2.24) is 9.97 Å². The number of nitrogens with zero attached hydrogens (tertiary/aromatic N) is 2. The van der Waals surface area contributed by atoms with E-state index < -0.39 is 0 Å². The van der Waals surface area contributed by atoms with Crippen molar-refractivity contribution in [2.75, 3.05) is 10.6 Å². The fraction of sp³-hybridized carbons (Fsp3) is 0.190. The Balaban J connectivity index is 1.61. The van der Waals surface area contributed by atoms with Crippen molar-refractivity contribution in [3.63, 3.8) is 0 Å². The third-order valence-corrected chi connectivity index (χ3v) is 3.70. The molecule has 0 atom stereocenters. The van der Waals surface area contributed by atoms with Gasteiger partial charge in [0, 0.05) is 36.5 Å². The van der Waals surface area contributed by atoms with Gasteiger partial charge in [-0.1, -0.05) is 6.07 Å². The molecule has 3 aromatic rings. The average molecular weight is 362 g/mol. The highest BCUT2D eigenvalue weighted by Gasteiger charge is 2.09. The van der Waals surface area contributed by atoms with Crippen LogP contribution >= 0.6 is 0 Å². The van der Waals surface area contributed by atoms with Crippen molar-refractivity contribution >= 4 is 17.3 Å². The number of hydrogen-bond donors (Lipinski definition) is 2. The van der Waals surface area contributed by atoms with Crippen LogP contribution in [0, 0.1) is 0 Å². The second kappa shape index (κ2) is 8.80. The second-order valence-electron chi connectivity index (χ2n) is 6.29. The van der Waals surface area contributed by atoms with Crippen molar-refractivity contribution in [2.24, 2.45) is 0 Å². The highest BCUT2D eigenvalue weighted by atomic mass is 16.5. The molecule has 6 nitrogen and oxygen atoms in total. The Morgan fingerprint density at radius 1 is 1.07 bits per heavy atom. The van der Waals surface area contributed by atoms with Gasteiger partial charge in [-0.3, -0.25) is 14.8 Å². The first-order valence-corrected chi connectivity index (χ1v) is 8.77. The first-order chi connectivity index (χ1) is 13.1. The summed E-state index contributed by atoms with van der Waals surface area (Å²) in [4.78, 5) is 20.7. The van der Waals surface area contributed by atoms with Crippen LogP contribution in [0.25, 0.3) is 0 Å². The lowest BCUT2D eigenvalue weighted by Gasteiger charge is -2.11. The highest BCUT2D eigenvalue weighted by molar-refractivity contribution is 6.03. The first kappa shape index (κ1) is 18.4. The number of pyridine rings is 2. The maximum Gasteiger partial charge on any atom is 0.274 e. The Bertz CT molecular complexity index is 880. The lowest BCUT2D eigenvalue weighted by atomic mass is 10.2. The Morgan fingerprint density at radius 3 is 2.59 bits per heavy atom. The number of carbonyl (C=O) groups excluding carboxylic acids is 1. The van der Waals surface area contributed by atoms with Crippen LogP contribution in [0.15, 0.2) is 67.1 Å². The van der Waals surface area contributed by atoms with Gasteiger partial charge in [0.1, 0.15) is 11.4 Å². The Morgan fingerprint density at radius 2 is 1.89 bits per heavy atom. The summed E-state index contributed by atoms with van der Waals surface area (Å²) in [5.74, 6) is 0.500. The molecule has 0 spiro atoms. The summed E-state index contributed by atoms with van der Waals surface area (Å²) < 4.78 is 5.60. The second-order valence-corrected chi connectivity index (χ2v) is 6.29. The minimum atomic E-state index is -0.266. The van der Waals surface area contributed by atoms with Crippen LogP contribution in [-0.4, -0.2) is 22.0 Å². The number of rotatable bonds is 7. The molecule has 1 aromatic carbocycles. The quantitative estimate of drug-likeness (QED) is 0.661. The highest BCUT2D eigenvalue weighted by Crippen LogP contribution is 2.18. The summed E-state index contributed by atoms with van der Waals surface area (Å²) in [5, 5.41) is 6.11. The Kier molecular flexibility index (Phi) is 5.99. The normalized spacial score (nSPS) is 10.5. The molecule has 27 heavy (non-hydrogen) atoms. The van der Waals surface area contributed by atoms with E-state index in [-0.39, 0.29) is 12.0 Å². The van der Waals surface area contributed by atoms with Gasteiger partial charge in [0.15, 0.2) is 0 Å². The maximum absolute atomic E-state index is 12.5. The third-order valence-electron chi connectivity index (χ3n) is 3.70. The van der Waals surface area contributed by atoms with Gasteiger partial charge < -0.3 is 15.4 Å². The molecule has 6 heteroatoms. The predicted molar refractivity (Wildman–Crippen MR) is 106 cm³/mol. The summed E-state index contributed by atoms with van der Waals surface area (Å²) in [5.41, 5.74) is 2.91. The third kappa shape index (κ3) is 5.54. The van der Waals surface area contributed by atoms with Crippen LogP contribution in [0.5, 0.6) is 5.75 Å². The number of anilines is 2. The number of benzene rings is 1. The molecule has 0 aliphatic carbocycles. The summed E-state index contributed by atoms with van der Waals surface area (Å²) in [6, 6.07) is 14.7. The van der Waals surface area contributed by atoms with Crippen LogP contribution < -0.4 is 15.4 Å².